The first-order chi connectivity index (χ1) is 16.9. The van der Waals surface area contributed by atoms with Crippen LogP contribution in [0.1, 0.15) is 67.7 Å². The van der Waals surface area contributed by atoms with Gasteiger partial charge in [-0.3, -0.25) is 0 Å². The molecule has 3 aromatic carbocycles. The van der Waals surface area contributed by atoms with E-state index in [-0.39, 0.29) is 0 Å². The third kappa shape index (κ3) is 2.90. The summed E-state index contributed by atoms with van der Waals surface area (Å²) in [5.41, 5.74) is 12.0. The van der Waals surface area contributed by atoms with Gasteiger partial charge in [0.1, 0.15) is 5.52 Å². The summed E-state index contributed by atoms with van der Waals surface area (Å²) in [4.78, 5) is 4.96. The molecule has 6 aromatic rings. The quantitative estimate of drug-likeness (QED) is 0.151. The number of aromatic nitrogens is 3. The van der Waals surface area contributed by atoms with Gasteiger partial charge in [-0.15, -0.1) is 0 Å². The SMILES string of the molecule is Cc1cc2c3cc(C(C)C)ccc3n3c4cc(CC5CCCC5)cc5nc[n+](C)c(c(c1C)c23)c54. The fraction of sp³-hybridized carbons (Fsp3) is 0.375. The Bertz CT molecular complexity index is 1780. The predicted molar refractivity (Wildman–Crippen MR) is 147 cm³/mol. The van der Waals surface area contributed by atoms with Crippen molar-refractivity contribution in [2.24, 2.45) is 13.0 Å². The molecule has 3 heteroatoms. The highest BCUT2D eigenvalue weighted by molar-refractivity contribution is 6.25. The lowest BCUT2D eigenvalue weighted by molar-refractivity contribution is -0.646. The van der Waals surface area contributed by atoms with Crippen molar-refractivity contribution in [1.82, 2.24) is 9.38 Å². The Hall–Kier alpha value is -3.20. The van der Waals surface area contributed by atoms with Crippen LogP contribution in [-0.4, -0.2) is 9.38 Å². The van der Waals surface area contributed by atoms with Gasteiger partial charge in [-0.25, -0.2) is 4.57 Å². The Labute approximate surface area is 206 Å². The standard InChI is InChI=1S/C32H34N3/c1-18(2)23-10-11-27-24(16-23)25-12-19(3)20(4)29-31(25)35(27)28-15-22(13-21-8-6-7-9-21)14-26-30(28)32(29)34(5)17-33-26/h10-12,14-18,21H,6-9,13H2,1-5H3/q+1. The summed E-state index contributed by atoms with van der Waals surface area (Å²) in [6.07, 6.45) is 8.69. The molecule has 0 bridgehead atoms. The predicted octanol–water partition coefficient (Wildman–Crippen LogP) is 7.68. The number of nitrogens with zero attached hydrogens (tertiary/aromatic N) is 3. The van der Waals surface area contributed by atoms with Crippen molar-refractivity contribution in [2.75, 3.05) is 0 Å². The van der Waals surface area contributed by atoms with E-state index < -0.39 is 0 Å². The second kappa shape index (κ2) is 7.40. The van der Waals surface area contributed by atoms with E-state index >= 15 is 0 Å². The first kappa shape index (κ1) is 21.1. The van der Waals surface area contributed by atoms with Crippen molar-refractivity contribution in [3.05, 3.63) is 65.0 Å². The van der Waals surface area contributed by atoms with Crippen molar-refractivity contribution < 1.29 is 4.57 Å². The van der Waals surface area contributed by atoms with Crippen LogP contribution in [0.5, 0.6) is 0 Å². The van der Waals surface area contributed by atoms with Crippen LogP contribution < -0.4 is 4.57 Å². The van der Waals surface area contributed by atoms with Gasteiger partial charge in [0.25, 0.3) is 6.33 Å². The van der Waals surface area contributed by atoms with Crippen molar-refractivity contribution >= 4 is 49.1 Å². The summed E-state index contributed by atoms with van der Waals surface area (Å²) in [5.74, 6) is 1.32. The normalized spacial score (nSPS) is 15.4. The highest BCUT2D eigenvalue weighted by Gasteiger charge is 2.26. The van der Waals surface area contributed by atoms with Crippen LogP contribution in [0.15, 0.2) is 42.7 Å². The summed E-state index contributed by atoms with van der Waals surface area (Å²) >= 11 is 0. The molecule has 1 aliphatic rings. The molecule has 0 amide bonds. The molecule has 35 heavy (non-hydrogen) atoms. The van der Waals surface area contributed by atoms with E-state index in [0.29, 0.717) is 5.92 Å². The number of aryl methyl sites for hydroxylation is 3. The topological polar surface area (TPSA) is 21.2 Å². The zero-order valence-electron chi connectivity index (χ0n) is 21.6. The van der Waals surface area contributed by atoms with E-state index in [1.165, 1.54) is 98.0 Å². The van der Waals surface area contributed by atoms with Gasteiger partial charge in [-0.1, -0.05) is 45.6 Å². The summed E-state index contributed by atoms with van der Waals surface area (Å²) < 4.78 is 4.80. The average Bonchev–Trinajstić information content (AvgIpc) is 3.46. The van der Waals surface area contributed by atoms with E-state index in [1.54, 1.807) is 0 Å². The number of rotatable bonds is 3. The number of hydrogen-bond donors (Lipinski definition) is 0. The second-order valence-electron chi connectivity index (χ2n) is 11.4. The minimum atomic E-state index is 0.509. The summed E-state index contributed by atoms with van der Waals surface area (Å²) in [6, 6.07) is 14.4. The maximum Gasteiger partial charge on any atom is 0.287 e. The van der Waals surface area contributed by atoms with Crippen molar-refractivity contribution in [3.63, 3.8) is 0 Å². The van der Waals surface area contributed by atoms with Crippen molar-refractivity contribution in [2.45, 2.75) is 65.7 Å². The Morgan fingerprint density at radius 1 is 0.971 bits per heavy atom. The van der Waals surface area contributed by atoms with Gasteiger partial charge in [0.05, 0.1) is 34.4 Å². The summed E-state index contributed by atoms with van der Waals surface area (Å²) in [6.45, 7) is 9.13. The lowest BCUT2D eigenvalue weighted by Crippen LogP contribution is -2.30. The van der Waals surface area contributed by atoms with Gasteiger partial charge in [0.2, 0.25) is 0 Å². The monoisotopic (exact) mass is 460 g/mol. The largest absolute Gasteiger partial charge is 0.308 e. The van der Waals surface area contributed by atoms with Crippen LogP contribution in [0.2, 0.25) is 0 Å². The Balaban J connectivity index is 1.72. The smallest absolute Gasteiger partial charge is 0.287 e. The first-order valence-corrected chi connectivity index (χ1v) is 13.3. The molecule has 1 fully saturated rings. The molecule has 0 saturated heterocycles. The van der Waals surface area contributed by atoms with Crippen molar-refractivity contribution in [3.8, 4) is 0 Å². The molecule has 0 spiro atoms. The van der Waals surface area contributed by atoms with Crippen molar-refractivity contribution in [1.29, 1.82) is 0 Å². The first-order valence-electron chi connectivity index (χ1n) is 13.3. The molecule has 1 aliphatic carbocycles. The Kier molecular flexibility index (Phi) is 4.46. The lowest BCUT2D eigenvalue weighted by Gasteiger charge is -2.16. The van der Waals surface area contributed by atoms with Gasteiger partial charge < -0.3 is 4.40 Å². The number of pyridine rings is 1. The molecular formula is C32H34N3+. The molecule has 0 aliphatic heterocycles. The fourth-order valence-corrected chi connectivity index (χ4v) is 6.86. The zero-order valence-corrected chi connectivity index (χ0v) is 21.6. The molecule has 3 nitrogen and oxygen atoms in total. The molecule has 0 radical (unpaired) electrons. The molecular weight excluding hydrogens is 426 g/mol. The summed E-state index contributed by atoms with van der Waals surface area (Å²) in [7, 11) is 2.15. The van der Waals surface area contributed by atoms with E-state index in [9.17, 15) is 0 Å². The van der Waals surface area contributed by atoms with E-state index in [2.05, 4.69) is 80.1 Å². The lowest BCUT2D eigenvalue weighted by atomic mass is 9.94. The van der Waals surface area contributed by atoms with Gasteiger partial charge >= 0.3 is 0 Å². The molecule has 0 atom stereocenters. The van der Waals surface area contributed by atoms with Gasteiger partial charge in [-0.05, 0) is 89.7 Å². The third-order valence-corrected chi connectivity index (χ3v) is 8.85. The van der Waals surface area contributed by atoms with Crippen LogP contribution in [0.4, 0.5) is 0 Å². The molecule has 3 heterocycles. The summed E-state index contributed by atoms with van der Waals surface area (Å²) in [5, 5.41) is 5.40. The molecule has 176 valence electrons. The minimum absolute atomic E-state index is 0.509. The molecule has 0 N–H and O–H groups in total. The maximum atomic E-state index is 4.96. The van der Waals surface area contributed by atoms with Crippen LogP contribution in [0.3, 0.4) is 0 Å². The van der Waals surface area contributed by atoms with Gasteiger partial charge in [0, 0.05) is 10.8 Å². The molecule has 3 aromatic heterocycles. The molecule has 7 rings (SSSR count). The Morgan fingerprint density at radius 2 is 1.77 bits per heavy atom. The Morgan fingerprint density at radius 3 is 2.54 bits per heavy atom. The number of hydrogen-bond acceptors (Lipinski definition) is 1. The van der Waals surface area contributed by atoms with E-state index in [1.807, 2.05) is 6.33 Å². The molecule has 0 unspecified atom stereocenters. The minimum Gasteiger partial charge on any atom is -0.308 e. The third-order valence-electron chi connectivity index (χ3n) is 8.85. The van der Waals surface area contributed by atoms with Crippen LogP contribution in [-0.2, 0) is 13.5 Å². The van der Waals surface area contributed by atoms with E-state index in [0.717, 1.165) is 11.4 Å². The van der Waals surface area contributed by atoms with Gasteiger partial charge in [-0.2, -0.15) is 0 Å². The number of benzene rings is 3. The highest BCUT2D eigenvalue weighted by Crippen LogP contribution is 2.42. The van der Waals surface area contributed by atoms with Crippen LogP contribution in [0, 0.1) is 19.8 Å². The van der Waals surface area contributed by atoms with Crippen LogP contribution in [0.25, 0.3) is 49.1 Å². The molecule has 1 saturated carbocycles. The van der Waals surface area contributed by atoms with E-state index in [4.69, 9.17) is 4.98 Å². The maximum absolute atomic E-state index is 4.96. The second-order valence-corrected chi connectivity index (χ2v) is 11.4. The average molecular weight is 461 g/mol. The van der Waals surface area contributed by atoms with Crippen LogP contribution >= 0.6 is 0 Å². The zero-order chi connectivity index (χ0) is 24.0. The van der Waals surface area contributed by atoms with Gasteiger partial charge in [0.15, 0.2) is 5.52 Å². The number of fused-ring (bicyclic) bond motifs is 5. The fourth-order valence-electron chi connectivity index (χ4n) is 6.86. The highest BCUT2D eigenvalue weighted by atomic mass is 15.0.